The van der Waals surface area contributed by atoms with Crippen LogP contribution in [0.4, 0.5) is 0 Å². The van der Waals surface area contributed by atoms with Crippen molar-refractivity contribution in [2.45, 2.75) is 104 Å². The van der Waals surface area contributed by atoms with Gasteiger partial charge in [0.05, 0.1) is 30.2 Å². The van der Waals surface area contributed by atoms with Gasteiger partial charge in [0.1, 0.15) is 11.9 Å². The number of epoxide rings is 1. The molecule has 1 aliphatic heterocycles. The molecule has 13 heteroatoms. The first kappa shape index (κ1) is 46.6. The van der Waals surface area contributed by atoms with E-state index in [1.807, 2.05) is 39.0 Å². The molecule has 1 aliphatic rings. The van der Waals surface area contributed by atoms with E-state index in [0.29, 0.717) is 17.4 Å². The minimum atomic E-state index is -1.24. The van der Waals surface area contributed by atoms with Gasteiger partial charge in [-0.25, -0.2) is 4.79 Å². The number of nitrogens with one attached hydrogen (secondary N) is 3. The lowest BCUT2D eigenvalue weighted by Gasteiger charge is -2.25. The van der Waals surface area contributed by atoms with E-state index >= 15 is 0 Å². The molecule has 300 valence electrons. The maximum absolute atomic E-state index is 12.5. The van der Waals surface area contributed by atoms with Crippen molar-refractivity contribution < 1.29 is 38.5 Å². The Kier molecular flexibility index (Phi) is 19.1. The molecule has 11 nitrogen and oxygen atoms in total. The zero-order chi connectivity index (χ0) is 40.6. The second kappa shape index (κ2) is 22.1. The van der Waals surface area contributed by atoms with Gasteiger partial charge < -0.3 is 35.3 Å². The monoisotopic (exact) mass is 789 g/mol. The fourth-order valence-electron chi connectivity index (χ4n) is 5.24. The number of carboxylic acids is 1. The van der Waals surface area contributed by atoms with Gasteiger partial charge in [0, 0.05) is 24.4 Å². The molecule has 0 spiro atoms. The fraction of sp³-hybridized carbons (Fsp3) is 0.561. The topological polar surface area (TPSA) is 156 Å². The molecule has 1 heterocycles. The van der Waals surface area contributed by atoms with Gasteiger partial charge in [-0.3, -0.25) is 14.4 Å². The fourth-order valence-corrected chi connectivity index (χ4v) is 5.67. The van der Waals surface area contributed by atoms with Crippen LogP contribution in [0.5, 0.6) is 5.75 Å². The second-order valence-corrected chi connectivity index (χ2v) is 17.1. The smallest absolute Gasteiger partial charge is 0.345 e. The summed E-state index contributed by atoms with van der Waals surface area (Å²) in [4.78, 5) is 48.3. The Morgan fingerprint density at radius 2 is 1.69 bits per heavy atom. The number of amides is 2. The van der Waals surface area contributed by atoms with Gasteiger partial charge in [-0.1, -0.05) is 68.8 Å². The molecule has 0 bridgehead atoms. The summed E-state index contributed by atoms with van der Waals surface area (Å²) in [5.74, 6) is -1.70. The number of rotatable bonds is 20. The highest BCUT2D eigenvalue weighted by molar-refractivity contribution is 7.81. The third-order valence-corrected chi connectivity index (χ3v) is 9.01. The van der Waals surface area contributed by atoms with Crippen LogP contribution in [0.15, 0.2) is 54.6 Å². The summed E-state index contributed by atoms with van der Waals surface area (Å²) in [6.45, 7) is 16.4. The minimum Gasteiger partial charge on any atom is -0.495 e. The highest BCUT2D eigenvalue weighted by atomic mass is 35.5. The number of thiol groups is 1. The first-order valence-electron chi connectivity index (χ1n) is 18.3. The van der Waals surface area contributed by atoms with Gasteiger partial charge in [0.2, 0.25) is 11.8 Å². The molecule has 1 fully saturated rings. The Morgan fingerprint density at radius 3 is 2.26 bits per heavy atom. The van der Waals surface area contributed by atoms with Gasteiger partial charge >= 0.3 is 11.9 Å². The van der Waals surface area contributed by atoms with Crippen molar-refractivity contribution in [1.29, 1.82) is 0 Å². The van der Waals surface area contributed by atoms with Crippen LogP contribution >= 0.6 is 24.2 Å². The number of aryl methyl sites for hydroxylation is 1. The standard InChI is InChI=1S/C33H51N3O7S.C8H9ClO/c1-21(2)16-25(30(39)40)42-31(41)32(4,5)19-36-27(38)18-35-26(37)11-9-8-10-22(3)28-29(43-28)24-14-12-23(13-15-24)17-34-20-33(6,7)44;1-6-3-4-8(10-2)7(9)5-6/h9,11-15,21-22,25,28-29,34,44H,8,10,16-20H2,1-7H3,(H,35,37)(H,36,38)(H,39,40);3-5H,1-2H3/b11-9+;/t22-,25?,28+,29?;/m0./s1. The van der Waals surface area contributed by atoms with Crippen molar-refractivity contribution in [3.8, 4) is 5.75 Å². The number of allylic oxidation sites excluding steroid dienone is 1. The van der Waals surface area contributed by atoms with Crippen molar-refractivity contribution in [3.63, 3.8) is 0 Å². The van der Waals surface area contributed by atoms with Crippen molar-refractivity contribution in [2.24, 2.45) is 17.3 Å². The van der Waals surface area contributed by atoms with Gasteiger partial charge in [-0.2, -0.15) is 12.6 Å². The van der Waals surface area contributed by atoms with Crippen LogP contribution in [0.2, 0.25) is 5.02 Å². The van der Waals surface area contributed by atoms with E-state index in [9.17, 15) is 24.3 Å². The van der Waals surface area contributed by atoms with Crippen molar-refractivity contribution in [2.75, 3.05) is 26.7 Å². The van der Waals surface area contributed by atoms with Crippen LogP contribution in [-0.2, 0) is 35.2 Å². The molecule has 4 atom stereocenters. The largest absolute Gasteiger partial charge is 0.495 e. The molecule has 2 aromatic rings. The zero-order valence-electron chi connectivity index (χ0n) is 33.2. The number of carboxylic acid groups (broad SMARTS) is 1. The predicted molar refractivity (Wildman–Crippen MR) is 216 cm³/mol. The van der Waals surface area contributed by atoms with Gasteiger partial charge in [-0.05, 0) is 101 Å². The van der Waals surface area contributed by atoms with E-state index in [-0.39, 0.29) is 42.4 Å². The Labute approximate surface area is 331 Å². The second-order valence-electron chi connectivity index (χ2n) is 15.5. The molecular weight excluding hydrogens is 730 g/mol. The number of benzene rings is 2. The molecule has 4 N–H and O–H groups in total. The maximum atomic E-state index is 12.5. The summed E-state index contributed by atoms with van der Waals surface area (Å²) in [6, 6.07) is 14.2. The predicted octanol–water partition coefficient (Wildman–Crippen LogP) is 6.86. The van der Waals surface area contributed by atoms with E-state index in [1.54, 1.807) is 27.0 Å². The van der Waals surface area contributed by atoms with Crippen LogP contribution in [0.1, 0.15) is 90.5 Å². The number of esters is 1. The van der Waals surface area contributed by atoms with Crippen LogP contribution in [0.3, 0.4) is 0 Å². The molecule has 0 aliphatic carbocycles. The molecule has 2 amide bonds. The highest BCUT2D eigenvalue weighted by Gasteiger charge is 2.43. The number of halogens is 1. The Hall–Kier alpha value is -3.58. The van der Waals surface area contributed by atoms with E-state index in [2.05, 4.69) is 73.6 Å². The van der Waals surface area contributed by atoms with Crippen LogP contribution in [0, 0.1) is 24.2 Å². The Morgan fingerprint density at radius 1 is 1.02 bits per heavy atom. The van der Waals surface area contributed by atoms with Crippen LogP contribution < -0.4 is 20.7 Å². The lowest BCUT2D eigenvalue weighted by molar-refractivity contribution is -0.171. The summed E-state index contributed by atoms with van der Waals surface area (Å²) >= 11 is 10.3. The SMILES string of the molecule is CC(C)CC(OC(=O)C(C)(C)CNC(=O)CNC(=O)/C=C/CC[C@H](C)[C@H]1OC1c1ccc(CNCC(C)(C)S)cc1)C(=O)O.COc1ccc(C)cc1Cl. The number of hydrogen-bond acceptors (Lipinski definition) is 9. The average Bonchev–Trinajstić information content (AvgIpc) is 3.89. The summed E-state index contributed by atoms with van der Waals surface area (Å²) in [5, 5.41) is 18.5. The number of ether oxygens (including phenoxy) is 3. The average molecular weight is 790 g/mol. The van der Waals surface area contributed by atoms with Crippen LogP contribution in [0.25, 0.3) is 0 Å². The molecule has 0 saturated carbocycles. The summed E-state index contributed by atoms with van der Waals surface area (Å²) < 4.78 is 16.0. The quantitative estimate of drug-likeness (QED) is 0.0419. The minimum absolute atomic E-state index is 0.0331. The van der Waals surface area contributed by atoms with Gasteiger partial charge in [-0.15, -0.1) is 0 Å². The first-order valence-corrected chi connectivity index (χ1v) is 19.2. The number of aliphatic carboxylic acids is 1. The van der Waals surface area contributed by atoms with Crippen molar-refractivity contribution in [1.82, 2.24) is 16.0 Å². The highest BCUT2D eigenvalue weighted by Crippen LogP contribution is 2.44. The van der Waals surface area contributed by atoms with E-state index in [4.69, 9.17) is 25.8 Å². The Bertz CT molecular complexity index is 1560. The molecular formula is C41H60ClN3O8S. The molecule has 1 saturated heterocycles. The summed E-state index contributed by atoms with van der Waals surface area (Å²) in [6.07, 6.45) is 3.95. The molecule has 3 rings (SSSR count). The van der Waals surface area contributed by atoms with Gasteiger partial charge in [0.25, 0.3) is 0 Å². The van der Waals surface area contributed by atoms with Crippen LogP contribution in [-0.4, -0.2) is 72.6 Å². The lowest BCUT2D eigenvalue weighted by Crippen LogP contribution is -2.45. The van der Waals surface area contributed by atoms with Crippen molar-refractivity contribution >= 4 is 48.0 Å². The third-order valence-electron chi connectivity index (χ3n) is 8.56. The van der Waals surface area contributed by atoms with Crippen molar-refractivity contribution in [3.05, 3.63) is 76.3 Å². The number of hydrogen-bond donors (Lipinski definition) is 5. The normalized spacial score (nSPS) is 16.5. The lowest BCUT2D eigenvalue weighted by atomic mass is 9.93. The zero-order valence-corrected chi connectivity index (χ0v) is 34.8. The summed E-state index contributed by atoms with van der Waals surface area (Å²) in [7, 11) is 1.61. The number of carbonyl (C=O) groups excluding carboxylic acids is 3. The number of carbonyl (C=O) groups is 4. The maximum Gasteiger partial charge on any atom is 0.345 e. The first-order chi connectivity index (χ1) is 25.2. The molecule has 54 heavy (non-hydrogen) atoms. The molecule has 2 aromatic carbocycles. The molecule has 0 radical (unpaired) electrons. The molecule has 2 unspecified atom stereocenters. The third kappa shape index (κ3) is 17.7. The summed E-state index contributed by atoms with van der Waals surface area (Å²) in [5.41, 5.74) is 2.39. The van der Waals surface area contributed by atoms with E-state index in [0.717, 1.165) is 30.8 Å². The van der Waals surface area contributed by atoms with E-state index in [1.165, 1.54) is 17.2 Å². The number of methoxy groups -OCH3 is 1. The van der Waals surface area contributed by atoms with E-state index < -0.39 is 35.3 Å². The molecule has 0 aromatic heterocycles. The Balaban J connectivity index is 0.000000867. The van der Waals surface area contributed by atoms with Gasteiger partial charge in [0.15, 0.2) is 6.10 Å².